The van der Waals surface area contributed by atoms with Gasteiger partial charge in [0.05, 0.1) is 25.7 Å². The SMILES string of the molecule is COC(=O)[C@]1(O[C@H]2CC[C@@]3(C)C(=CC[C@H]4[C@@H]5CC[C@H]([C@H](C)CCCC(C)C)[C@@]5(C)CC[C@@H]43)C2)C[C@H](OC(C)=O)[C@@H](NC(C)=O)[C@H]([C@H](OC(C)=O)[C@@H](COC(C)=O)OC(C)=O)O1. The van der Waals surface area contributed by atoms with Gasteiger partial charge in [0, 0.05) is 34.6 Å². The van der Waals surface area contributed by atoms with Crippen LogP contribution < -0.4 is 5.32 Å². The summed E-state index contributed by atoms with van der Waals surface area (Å²) in [5, 5.41) is 2.72. The second-order valence-electron chi connectivity index (χ2n) is 19.7. The van der Waals surface area contributed by atoms with E-state index < -0.39 is 84.7 Å². The van der Waals surface area contributed by atoms with Crippen molar-refractivity contribution >= 4 is 35.8 Å². The molecule has 3 saturated carbocycles. The van der Waals surface area contributed by atoms with Gasteiger partial charge in [-0.25, -0.2) is 4.79 Å². The lowest BCUT2D eigenvalue weighted by Gasteiger charge is -2.59. The van der Waals surface area contributed by atoms with Crippen molar-refractivity contribution < 1.29 is 61.9 Å². The highest BCUT2D eigenvalue weighted by Gasteiger charge is 2.62. The molecule has 0 aromatic rings. The second-order valence-corrected chi connectivity index (χ2v) is 19.7. The highest BCUT2D eigenvalue weighted by Crippen LogP contribution is 2.67. The Kier molecular flexibility index (Phi) is 15.8. The summed E-state index contributed by atoms with van der Waals surface area (Å²) < 4.78 is 41.0. The Morgan fingerprint density at radius 2 is 1.56 bits per heavy atom. The average Bonchev–Trinajstić information content (AvgIpc) is 3.53. The van der Waals surface area contributed by atoms with Crippen LogP contribution in [0.25, 0.3) is 0 Å². The van der Waals surface area contributed by atoms with Gasteiger partial charge in [-0.3, -0.25) is 24.0 Å². The maximum atomic E-state index is 14.1. The van der Waals surface area contributed by atoms with Gasteiger partial charge in [-0.15, -0.1) is 0 Å². The fourth-order valence-corrected chi connectivity index (χ4v) is 12.5. The molecule has 0 spiro atoms. The van der Waals surface area contributed by atoms with Crippen molar-refractivity contribution in [2.24, 2.45) is 46.3 Å². The van der Waals surface area contributed by atoms with E-state index in [1.807, 2.05) is 0 Å². The third-order valence-corrected chi connectivity index (χ3v) is 15.1. The monoisotopic (exact) mass is 860 g/mol. The molecule has 0 radical (unpaired) electrons. The smallest absolute Gasteiger partial charge is 0.366 e. The Morgan fingerprint density at radius 3 is 2.16 bits per heavy atom. The molecule has 1 amide bonds. The van der Waals surface area contributed by atoms with Crippen LogP contribution in [0.1, 0.15) is 146 Å². The topological polar surface area (TPSA) is 179 Å². The molecule has 1 N–H and O–H groups in total. The lowest BCUT2D eigenvalue weighted by Crippen LogP contribution is -2.69. The van der Waals surface area contributed by atoms with Gasteiger partial charge in [-0.05, 0) is 97.7 Å². The molecule has 4 aliphatic carbocycles. The van der Waals surface area contributed by atoms with E-state index in [0.717, 1.165) is 51.4 Å². The van der Waals surface area contributed by atoms with Crippen LogP contribution in [0.4, 0.5) is 0 Å². The van der Waals surface area contributed by atoms with E-state index in [1.165, 1.54) is 71.5 Å². The predicted octanol–water partition coefficient (Wildman–Crippen LogP) is 6.93. The van der Waals surface area contributed by atoms with Gasteiger partial charge in [0.25, 0.3) is 5.79 Å². The van der Waals surface area contributed by atoms with Crippen LogP contribution in [-0.4, -0.2) is 91.8 Å². The van der Waals surface area contributed by atoms with Gasteiger partial charge < -0.3 is 38.5 Å². The number of amides is 1. The molecule has 1 saturated heterocycles. The Morgan fingerprint density at radius 1 is 0.852 bits per heavy atom. The zero-order valence-electron chi connectivity index (χ0n) is 38.5. The van der Waals surface area contributed by atoms with Crippen LogP contribution in [-0.2, 0) is 61.9 Å². The highest BCUT2D eigenvalue weighted by molar-refractivity contribution is 5.79. The third kappa shape index (κ3) is 10.8. The van der Waals surface area contributed by atoms with E-state index in [1.54, 1.807) is 0 Å². The molecule has 5 rings (SSSR count). The number of esters is 5. The number of fused-ring (bicyclic) bond motifs is 5. The molecule has 1 heterocycles. The summed E-state index contributed by atoms with van der Waals surface area (Å²) in [6.07, 6.45) is 7.51. The number of hydrogen-bond donors (Lipinski definition) is 1. The molecule has 4 fully saturated rings. The van der Waals surface area contributed by atoms with Gasteiger partial charge in [-0.2, -0.15) is 0 Å². The van der Waals surface area contributed by atoms with Crippen LogP contribution in [0.2, 0.25) is 0 Å². The quantitative estimate of drug-likeness (QED) is 0.0960. The maximum Gasteiger partial charge on any atom is 0.366 e. The molecule has 14 heteroatoms. The molecule has 14 atom stereocenters. The van der Waals surface area contributed by atoms with Crippen molar-refractivity contribution in [3.63, 3.8) is 0 Å². The van der Waals surface area contributed by atoms with E-state index >= 15 is 0 Å². The average molecular weight is 860 g/mol. The lowest BCUT2D eigenvalue weighted by molar-refractivity contribution is -0.327. The van der Waals surface area contributed by atoms with Crippen LogP contribution in [0, 0.1) is 46.3 Å². The van der Waals surface area contributed by atoms with Gasteiger partial charge >= 0.3 is 29.8 Å². The summed E-state index contributed by atoms with van der Waals surface area (Å²) in [6, 6.07) is -1.26. The molecule has 0 bridgehead atoms. The standard InChI is InChI=1S/C47H73NO13/c1-26(2)13-12-14-27(3)36-17-18-37-35-16-15-33-23-34(19-21-45(33,9)38(35)20-22-46(36,37)10)60-47(44(54)55-11)24-39(57-30(6)51)41(48-28(4)49)43(61-47)42(59-32(8)53)40(58-31(7)52)25-56-29(5)50/h15,26-27,34-43H,12-14,16-25H2,1-11H3,(H,48,49)/t27-,34+,35+,36-,37+,38+,39+,40-,41-,42-,43-,45+,46-,47+/m1/s1. The van der Waals surface area contributed by atoms with Gasteiger partial charge in [0.15, 0.2) is 12.2 Å². The summed E-state index contributed by atoms with van der Waals surface area (Å²) in [7, 11) is 1.18. The van der Waals surface area contributed by atoms with E-state index in [-0.39, 0.29) is 11.8 Å². The predicted molar refractivity (Wildman–Crippen MR) is 223 cm³/mol. The zero-order valence-corrected chi connectivity index (χ0v) is 38.5. The number of carbonyl (C=O) groups excluding carboxylic acids is 6. The first kappa shape index (κ1) is 48.5. The number of nitrogens with one attached hydrogen (secondary N) is 1. The molecule has 0 aromatic carbocycles. The normalized spacial score (nSPS) is 35.8. The minimum Gasteiger partial charge on any atom is -0.465 e. The fourth-order valence-electron chi connectivity index (χ4n) is 12.5. The second kappa shape index (κ2) is 19.9. The Hall–Kier alpha value is -3.52. The van der Waals surface area contributed by atoms with Crippen molar-refractivity contribution in [2.75, 3.05) is 13.7 Å². The molecule has 5 aliphatic rings. The van der Waals surface area contributed by atoms with Crippen molar-refractivity contribution in [1.29, 1.82) is 0 Å². The molecule has 61 heavy (non-hydrogen) atoms. The Labute approximate surface area is 362 Å². The summed E-state index contributed by atoms with van der Waals surface area (Å²) in [5.74, 6) is -2.73. The molecule has 0 unspecified atom stereocenters. The van der Waals surface area contributed by atoms with Gasteiger partial charge in [0.1, 0.15) is 18.8 Å². The van der Waals surface area contributed by atoms with Gasteiger partial charge in [-0.1, -0.05) is 65.5 Å². The molecular formula is C47H73NO13. The van der Waals surface area contributed by atoms with E-state index in [9.17, 15) is 28.8 Å². The number of allylic oxidation sites excluding steroid dienone is 1. The van der Waals surface area contributed by atoms with Crippen LogP contribution in [0.15, 0.2) is 11.6 Å². The number of hydrogen-bond acceptors (Lipinski definition) is 13. The van der Waals surface area contributed by atoms with Crippen molar-refractivity contribution in [3.05, 3.63) is 11.6 Å². The Bertz CT molecular complexity index is 1660. The third-order valence-electron chi connectivity index (χ3n) is 15.1. The van der Waals surface area contributed by atoms with E-state index in [4.69, 9.17) is 33.2 Å². The summed E-state index contributed by atoms with van der Waals surface area (Å²) in [5.41, 5.74) is 1.62. The van der Waals surface area contributed by atoms with Gasteiger partial charge in [0.2, 0.25) is 5.91 Å². The lowest BCUT2D eigenvalue weighted by atomic mass is 9.47. The Balaban J connectivity index is 1.45. The first-order valence-corrected chi connectivity index (χ1v) is 22.7. The fraction of sp³-hybridized carbons (Fsp3) is 0.830. The summed E-state index contributed by atoms with van der Waals surface area (Å²) in [6.45, 7) is 17.4. The molecule has 1 aliphatic heterocycles. The largest absolute Gasteiger partial charge is 0.465 e. The molecule has 14 nitrogen and oxygen atoms in total. The molecule has 0 aromatic heterocycles. The first-order valence-electron chi connectivity index (χ1n) is 22.7. The maximum absolute atomic E-state index is 14.1. The zero-order chi connectivity index (χ0) is 45.0. The number of carbonyl (C=O) groups is 6. The van der Waals surface area contributed by atoms with Crippen LogP contribution in [0.3, 0.4) is 0 Å². The number of methoxy groups -OCH3 is 1. The van der Waals surface area contributed by atoms with Crippen molar-refractivity contribution in [3.8, 4) is 0 Å². The summed E-state index contributed by atoms with van der Waals surface area (Å²) >= 11 is 0. The summed E-state index contributed by atoms with van der Waals surface area (Å²) in [4.78, 5) is 76.5. The van der Waals surface area contributed by atoms with E-state index in [0.29, 0.717) is 36.0 Å². The minimum absolute atomic E-state index is 0.0371. The number of rotatable bonds is 16. The van der Waals surface area contributed by atoms with Crippen molar-refractivity contribution in [1.82, 2.24) is 5.32 Å². The first-order chi connectivity index (χ1) is 28.6. The molecular weight excluding hydrogens is 787 g/mol. The van der Waals surface area contributed by atoms with Crippen LogP contribution >= 0.6 is 0 Å². The minimum atomic E-state index is -2.23. The highest BCUT2D eigenvalue weighted by atomic mass is 16.7. The van der Waals surface area contributed by atoms with E-state index in [2.05, 4.69) is 46.0 Å². The van der Waals surface area contributed by atoms with Crippen molar-refractivity contribution in [2.45, 2.75) is 189 Å². The van der Waals surface area contributed by atoms with Crippen LogP contribution in [0.5, 0.6) is 0 Å². The number of ether oxygens (including phenoxy) is 7. The molecule has 344 valence electrons.